The molecule has 1 aliphatic heterocycles. The van der Waals surface area contributed by atoms with Gasteiger partial charge in [-0.25, -0.2) is 4.68 Å². The first kappa shape index (κ1) is 18.0. The van der Waals surface area contributed by atoms with Crippen LogP contribution in [0.5, 0.6) is 11.5 Å². The number of hydrogen-bond acceptors (Lipinski definition) is 7. The third kappa shape index (κ3) is 2.74. The number of β-amino-alcohol motifs (C(OH)–C–C–N with tert-alkyl or cyclic N) is 1. The molecule has 0 bridgehead atoms. The van der Waals surface area contributed by atoms with Gasteiger partial charge in [-0.15, -0.1) is 0 Å². The third-order valence-electron chi connectivity index (χ3n) is 4.67. The van der Waals surface area contributed by atoms with Gasteiger partial charge in [0.2, 0.25) is 5.82 Å². The van der Waals surface area contributed by atoms with Gasteiger partial charge in [-0.05, 0) is 18.6 Å². The Bertz CT molecular complexity index is 848. The molecule has 140 valence electrons. The highest BCUT2D eigenvalue weighted by molar-refractivity contribution is 5.64. The Morgan fingerprint density at radius 3 is 2.58 bits per heavy atom. The quantitative estimate of drug-likeness (QED) is 0.640. The molecule has 2 aromatic rings. The van der Waals surface area contributed by atoms with Crippen LogP contribution in [-0.4, -0.2) is 40.6 Å². The lowest BCUT2D eigenvalue weighted by molar-refractivity contribution is -0.384. The summed E-state index contributed by atoms with van der Waals surface area (Å²) in [7, 11) is 4.77. The molecular weight excluding hydrogens is 340 g/mol. The number of aliphatic hydroxyl groups is 1. The summed E-state index contributed by atoms with van der Waals surface area (Å²) >= 11 is 0. The predicted octanol–water partition coefficient (Wildman–Crippen LogP) is 1.96. The summed E-state index contributed by atoms with van der Waals surface area (Å²) in [4.78, 5) is 13.0. The van der Waals surface area contributed by atoms with Crippen molar-refractivity contribution in [3.05, 3.63) is 39.1 Å². The number of ether oxygens (including phenoxy) is 2. The van der Waals surface area contributed by atoms with E-state index in [1.807, 2.05) is 6.92 Å². The zero-order valence-corrected chi connectivity index (χ0v) is 15.2. The molecule has 1 N–H and O–H groups in total. The Kier molecular flexibility index (Phi) is 4.73. The van der Waals surface area contributed by atoms with E-state index in [-0.39, 0.29) is 12.2 Å². The van der Waals surface area contributed by atoms with Crippen molar-refractivity contribution in [2.24, 2.45) is 7.05 Å². The molecule has 0 saturated carbocycles. The number of aromatic nitrogens is 2. The van der Waals surface area contributed by atoms with E-state index in [1.54, 1.807) is 38.3 Å². The van der Waals surface area contributed by atoms with Crippen LogP contribution < -0.4 is 14.4 Å². The highest BCUT2D eigenvalue weighted by Gasteiger charge is 2.36. The minimum Gasteiger partial charge on any atom is -0.496 e. The predicted molar refractivity (Wildman–Crippen MR) is 94.8 cm³/mol. The fourth-order valence-corrected chi connectivity index (χ4v) is 3.58. The van der Waals surface area contributed by atoms with Crippen LogP contribution in [0.2, 0.25) is 0 Å². The summed E-state index contributed by atoms with van der Waals surface area (Å²) in [5.74, 6) is 1.55. The lowest BCUT2D eigenvalue weighted by Gasteiger charge is -2.34. The van der Waals surface area contributed by atoms with Gasteiger partial charge in [0, 0.05) is 24.7 Å². The first-order valence-electron chi connectivity index (χ1n) is 8.29. The number of fused-ring (bicyclic) bond motifs is 1. The molecular formula is C17H22N4O5. The van der Waals surface area contributed by atoms with Crippen LogP contribution in [0.15, 0.2) is 12.1 Å². The van der Waals surface area contributed by atoms with Crippen LogP contribution in [0.3, 0.4) is 0 Å². The molecule has 1 atom stereocenters. The average molecular weight is 362 g/mol. The Morgan fingerprint density at radius 2 is 2.00 bits per heavy atom. The largest absolute Gasteiger partial charge is 0.496 e. The van der Waals surface area contributed by atoms with E-state index < -0.39 is 11.0 Å². The number of aliphatic hydroxyl groups excluding tert-OH is 1. The molecule has 0 aliphatic carbocycles. The lowest BCUT2D eigenvalue weighted by Crippen LogP contribution is -2.35. The number of aryl methyl sites for hydroxylation is 2. The highest BCUT2D eigenvalue weighted by atomic mass is 16.6. The highest BCUT2D eigenvalue weighted by Crippen LogP contribution is 2.42. The van der Waals surface area contributed by atoms with Crippen molar-refractivity contribution < 1.29 is 19.5 Å². The maximum absolute atomic E-state index is 11.6. The summed E-state index contributed by atoms with van der Waals surface area (Å²) in [6.45, 7) is 2.36. The van der Waals surface area contributed by atoms with Crippen LogP contribution in [0.25, 0.3) is 0 Å². The fraction of sp³-hybridized carbons (Fsp3) is 0.471. The summed E-state index contributed by atoms with van der Waals surface area (Å²) in [5.41, 5.74) is 1.81. The van der Waals surface area contributed by atoms with Gasteiger partial charge in [0.1, 0.15) is 23.3 Å². The first-order valence-corrected chi connectivity index (χ1v) is 8.29. The van der Waals surface area contributed by atoms with E-state index in [1.165, 1.54) is 4.68 Å². The normalized spacial score (nSPS) is 16.3. The second kappa shape index (κ2) is 6.83. The molecule has 26 heavy (non-hydrogen) atoms. The second-order valence-electron chi connectivity index (χ2n) is 6.11. The number of methoxy groups -OCH3 is 2. The minimum absolute atomic E-state index is 0.0208. The SMILES string of the molecule is CCc1nn(C)c(N2Cc3c(OC)ccc(OC)c3C(O)C2)c1[N+](=O)[O-]. The van der Waals surface area contributed by atoms with Crippen molar-refractivity contribution in [1.29, 1.82) is 0 Å². The third-order valence-corrected chi connectivity index (χ3v) is 4.67. The van der Waals surface area contributed by atoms with E-state index in [2.05, 4.69) is 5.10 Å². The lowest BCUT2D eigenvalue weighted by atomic mass is 9.95. The van der Waals surface area contributed by atoms with Crippen molar-refractivity contribution in [3.8, 4) is 11.5 Å². The first-order chi connectivity index (χ1) is 12.4. The van der Waals surface area contributed by atoms with E-state index >= 15 is 0 Å². The summed E-state index contributed by atoms with van der Waals surface area (Å²) in [6, 6.07) is 3.52. The van der Waals surface area contributed by atoms with E-state index in [4.69, 9.17) is 9.47 Å². The molecule has 1 aliphatic rings. The molecule has 3 rings (SSSR count). The molecule has 0 fully saturated rings. The number of nitrogens with zero attached hydrogens (tertiary/aromatic N) is 4. The summed E-state index contributed by atoms with van der Waals surface area (Å²) in [6.07, 6.45) is -0.419. The van der Waals surface area contributed by atoms with Crippen molar-refractivity contribution in [2.45, 2.75) is 26.0 Å². The van der Waals surface area contributed by atoms with Crippen molar-refractivity contribution >= 4 is 11.5 Å². The van der Waals surface area contributed by atoms with Crippen LogP contribution >= 0.6 is 0 Å². The van der Waals surface area contributed by atoms with Crippen molar-refractivity contribution in [3.63, 3.8) is 0 Å². The second-order valence-corrected chi connectivity index (χ2v) is 6.11. The van der Waals surface area contributed by atoms with Crippen LogP contribution in [-0.2, 0) is 20.0 Å². The Morgan fingerprint density at radius 1 is 1.35 bits per heavy atom. The zero-order valence-electron chi connectivity index (χ0n) is 15.2. The fourth-order valence-electron chi connectivity index (χ4n) is 3.58. The Labute approximate surface area is 150 Å². The number of nitro groups is 1. The van der Waals surface area contributed by atoms with E-state index in [9.17, 15) is 15.2 Å². The van der Waals surface area contributed by atoms with Crippen LogP contribution in [0.4, 0.5) is 11.5 Å². The van der Waals surface area contributed by atoms with Gasteiger partial charge in [-0.2, -0.15) is 5.10 Å². The van der Waals surface area contributed by atoms with Crippen molar-refractivity contribution in [2.75, 3.05) is 25.7 Å². The number of hydrogen-bond donors (Lipinski definition) is 1. The zero-order chi connectivity index (χ0) is 19.0. The van der Waals surface area contributed by atoms with Gasteiger partial charge in [0.15, 0.2) is 0 Å². The standard InChI is InChI=1S/C17H22N4O5/c1-5-11-16(21(23)24)17(19(2)18-11)20-8-10-13(25-3)6-7-14(26-4)15(10)12(22)9-20/h6-7,12,22H,5,8-9H2,1-4H3. The average Bonchev–Trinajstić information content (AvgIpc) is 2.97. The van der Waals surface area contributed by atoms with E-state index in [0.29, 0.717) is 41.5 Å². The van der Waals surface area contributed by atoms with Crippen LogP contribution in [0.1, 0.15) is 29.8 Å². The molecule has 1 aromatic heterocycles. The van der Waals surface area contributed by atoms with Gasteiger partial charge in [-0.3, -0.25) is 10.1 Å². The molecule has 1 aromatic carbocycles. The number of anilines is 1. The van der Waals surface area contributed by atoms with Gasteiger partial charge < -0.3 is 19.5 Å². The number of benzene rings is 1. The van der Waals surface area contributed by atoms with E-state index in [0.717, 1.165) is 5.56 Å². The molecule has 2 heterocycles. The molecule has 0 radical (unpaired) electrons. The maximum Gasteiger partial charge on any atom is 0.334 e. The summed E-state index contributed by atoms with van der Waals surface area (Å²) in [5, 5.41) is 26.6. The molecule has 0 saturated heterocycles. The van der Waals surface area contributed by atoms with Crippen molar-refractivity contribution in [1.82, 2.24) is 9.78 Å². The van der Waals surface area contributed by atoms with Crippen LogP contribution in [0, 0.1) is 10.1 Å². The topological polar surface area (TPSA) is 103 Å². The van der Waals surface area contributed by atoms with Gasteiger partial charge in [0.25, 0.3) is 0 Å². The van der Waals surface area contributed by atoms with Gasteiger partial charge in [0.05, 0.1) is 25.7 Å². The smallest absolute Gasteiger partial charge is 0.334 e. The van der Waals surface area contributed by atoms with Gasteiger partial charge >= 0.3 is 5.69 Å². The number of rotatable bonds is 5. The molecule has 1 unspecified atom stereocenters. The monoisotopic (exact) mass is 362 g/mol. The molecule has 0 amide bonds. The minimum atomic E-state index is -0.872. The Balaban J connectivity index is 2.13. The molecule has 9 nitrogen and oxygen atoms in total. The Hall–Kier alpha value is -2.81. The maximum atomic E-state index is 11.6. The molecule has 0 spiro atoms. The molecule has 9 heteroatoms. The van der Waals surface area contributed by atoms with Gasteiger partial charge in [-0.1, -0.05) is 6.92 Å². The summed E-state index contributed by atoms with van der Waals surface area (Å²) < 4.78 is 12.3.